The first-order chi connectivity index (χ1) is 4.75. The van der Waals surface area contributed by atoms with Crippen molar-refractivity contribution in [3.63, 3.8) is 0 Å². The van der Waals surface area contributed by atoms with Gasteiger partial charge in [-0.1, -0.05) is 0 Å². The van der Waals surface area contributed by atoms with Crippen molar-refractivity contribution in [2.24, 2.45) is 5.92 Å². The molecule has 2 atom stereocenters. The molecule has 0 N–H and O–H groups in total. The summed E-state index contributed by atoms with van der Waals surface area (Å²) in [4.78, 5) is 20.9. The lowest BCUT2D eigenvalue weighted by Gasteiger charge is -2.07. The van der Waals surface area contributed by atoms with Crippen molar-refractivity contribution in [2.75, 3.05) is 0 Å². The fourth-order valence-electron chi connectivity index (χ4n) is 0.898. The van der Waals surface area contributed by atoms with Crippen LogP contribution >= 0.6 is 0 Å². The molecule has 0 fully saturated rings. The van der Waals surface area contributed by atoms with Gasteiger partial charge in [0.1, 0.15) is 5.78 Å². The summed E-state index contributed by atoms with van der Waals surface area (Å²) in [6.45, 7) is 1.44. The minimum absolute atomic E-state index is 0.0362. The van der Waals surface area contributed by atoms with Crippen molar-refractivity contribution in [1.29, 1.82) is 0 Å². The quantitative estimate of drug-likeness (QED) is 0.518. The molecule has 0 aromatic heterocycles. The average Bonchev–Trinajstić information content (AvgIpc) is 2.33. The van der Waals surface area contributed by atoms with Crippen LogP contribution in [0.1, 0.15) is 6.92 Å². The Balaban J connectivity index is 2.65. The number of Topliss-reactive ketones (excluding diaryl/α,β-unsaturated/α-hetero) is 1. The Morgan fingerprint density at radius 1 is 1.70 bits per heavy atom. The highest BCUT2D eigenvalue weighted by molar-refractivity contribution is 5.84. The highest BCUT2D eigenvalue weighted by Gasteiger charge is 2.27. The maximum atomic E-state index is 10.7. The van der Waals surface area contributed by atoms with Gasteiger partial charge in [-0.15, -0.1) is 0 Å². The van der Waals surface area contributed by atoms with Crippen LogP contribution in [0, 0.1) is 5.92 Å². The maximum absolute atomic E-state index is 10.7. The van der Waals surface area contributed by atoms with E-state index in [-0.39, 0.29) is 11.7 Å². The van der Waals surface area contributed by atoms with Crippen molar-refractivity contribution in [3.8, 4) is 0 Å². The van der Waals surface area contributed by atoms with Gasteiger partial charge < -0.3 is 4.74 Å². The van der Waals surface area contributed by atoms with Crippen LogP contribution < -0.4 is 0 Å². The topological polar surface area (TPSA) is 43.4 Å². The molecule has 10 heavy (non-hydrogen) atoms. The average molecular weight is 140 g/mol. The molecule has 54 valence electrons. The monoisotopic (exact) mass is 140 g/mol. The minimum atomic E-state index is -0.586. The first-order valence-electron chi connectivity index (χ1n) is 3.03. The standard InChI is InChI=1S/C7H8O3/c1-5(9)6-2-3-10-7(6)4-8/h2-4,6-7H,1H3. The number of hydrogen-bond donors (Lipinski definition) is 0. The van der Waals surface area contributed by atoms with Crippen LogP contribution in [0.5, 0.6) is 0 Å². The SMILES string of the molecule is CC(=O)C1C=COC1C=O. The molecule has 0 aliphatic carbocycles. The van der Waals surface area contributed by atoms with E-state index in [1.54, 1.807) is 6.08 Å². The largest absolute Gasteiger partial charge is 0.490 e. The lowest BCUT2D eigenvalue weighted by molar-refractivity contribution is -0.126. The van der Waals surface area contributed by atoms with E-state index >= 15 is 0 Å². The van der Waals surface area contributed by atoms with Gasteiger partial charge in [-0.2, -0.15) is 0 Å². The summed E-state index contributed by atoms with van der Waals surface area (Å²) in [6.07, 6.45) is 3.05. The first kappa shape index (κ1) is 6.99. The van der Waals surface area contributed by atoms with Crippen LogP contribution in [-0.4, -0.2) is 18.2 Å². The summed E-state index contributed by atoms with van der Waals surface area (Å²) in [5.74, 6) is -0.400. The van der Waals surface area contributed by atoms with Gasteiger partial charge >= 0.3 is 0 Å². The second kappa shape index (κ2) is 2.64. The van der Waals surface area contributed by atoms with Gasteiger partial charge in [0.25, 0.3) is 0 Å². The molecule has 1 aliphatic heterocycles. The van der Waals surface area contributed by atoms with Crippen molar-refractivity contribution in [3.05, 3.63) is 12.3 Å². The Labute approximate surface area is 58.7 Å². The lowest BCUT2D eigenvalue weighted by atomic mass is 10.0. The molecule has 0 bridgehead atoms. The number of aldehydes is 1. The highest BCUT2D eigenvalue weighted by Crippen LogP contribution is 2.16. The second-order valence-corrected chi connectivity index (χ2v) is 2.20. The molecule has 0 aromatic carbocycles. The molecule has 2 unspecified atom stereocenters. The normalized spacial score (nSPS) is 29.7. The zero-order chi connectivity index (χ0) is 7.56. The van der Waals surface area contributed by atoms with E-state index in [4.69, 9.17) is 4.74 Å². The van der Waals surface area contributed by atoms with Gasteiger partial charge in [-0.3, -0.25) is 9.59 Å². The number of rotatable bonds is 2. The van der Waals surface area contributed by atoms with E-state index in [0.29, 0.717) is 6.29 Å². The van der Waals surface area contributed by atoms with E-state index in [1.807, 2.05) is 0 Å². The third-order valence-corrected chi connectivity index (χ3v) is 1.48. The Bertz CT molecular complexity index is 183. The van der Waals surface area contributed by atoms with Gasteiger partial charge in [-0.05, 0) is 13.0 Å². The number of carbonyl (C=O) groups is 2. The molecule has 3 heteroatoms. The molecule has 0 saturated carbocycles. The third kappa shape index (κ3) is 1.07. The van der Waals surface area contributed by atoms with E-state index in [9.17, 15) is 9.59 Å². The summed E-state index contributed by atoms with van der Waals surface area (Å²) in [7, 11) is 0. The predicted molar refractivity (Wildman–Crippen MR) is 34.2 cm³/mol. The van der Waals surface area contributed by atoms with E-state index in [2.05, 4.69) is 0 Å². The summed E-state index contributed by atoms with van der Waals surface area (Å²) in [5, 5.41) is 0. The third-order valence-electron chi connectivity index (χ3n) is 1.48. The number of carbonyl (C=O) groups excluding carboxylic acids is 2. The zero-order valence-corrected chi connectivity index (χ0v) is 5.61. The van der Waals surface area contributed by atoms with Crippen LogP contribution in [0.3, 0.4) is 0 Å². The molecule has 1 heterocycles. The van der Waals surface area contributed by atoms with E-state index in [0.717, 1.165) is 0 Å². The van der Waals surface area contributed by atoms with Gasteiger partial charge in [0.15, 0.2) is 12.4 Å². The lowest BCUT2D eigenvalue weighted by Crippen LogP contribution is -2.23. The molecule has 0 spiro atoms. The molecule has 3 nitrogen and oxygen atoms in total. The minimum Gasteiger partial charge on any atom is -0.490 e. The highest BCUT2D eigenvalue weighted by atomic mass is 16.5. The van der Waals surface area contributed by atoms with E-state index in [1.165, 1.54) is 13.2 Å². The fourth-order valence-corrected chi connectivity index (χ4v) is 0.898. The van der Waals surface area contributed by atoms with Crippen LogP contribution in [-0.2, 0) is 14.3 Å². The fraction of sp³-hybridized carbons (Fsp3) is 0.429. The molecular weight excluding hydrogens is 132 g/mol. The second-order valence-electron chi connectivity index (χ2n) is 2.20. The summed E-state index contributed by atoms with van der Waals surface area (Å²) in [6, 6.07) is 0. The molecule has 1 aliphatic rings. The van der Waals surface area contributed by atoms with Crippen LogP contribution in [0.25, 0.3) is 0 Å². The first-order valence-corrected chi connectivity index (χ1v) is 3.03. The number of ketones is 1. The zero-order valence-electron chi connectivity index (χ0n) is 5.61. The molecular formula is C7H8O3. The van der Waals surface area contributed by atoms with Crippen molar-refractivity contribution < 1.29 is 14.3 Å². The predicted octanol–water partition coefficient (Wildman–Crippen LogP) is 0.303. The van der Waals surface area contributed by atoms with Crippen molar-refractivity contribution >= 4 is 12.1 Å². The Kier molecular flexibility index (Phi) is 1.85. The molecule has 0 amide bonds. The molecule has 0 radical (unpaired) electrons. The van der Waals surface area contributed by atoms with Gasteiger partial charge in [0.05, 0.1) is 12.2 Å². The summed E-state index contributed by atoms with van der Waals surface area (Å²) >= 11 is 0. The Morgan fingerprint density at radius 3 is 2.80 bits per heavy atom. The summed E-state index contributed by atoms with van der Waals surface area (Å²) in [5.41, 5.74) is 0. The summed E-state index contributed by atoms with van der Waals surface area (Å²) < 4.78 is 4.81. The van der Waals surface area contributed by atoms with Crippen molar-refractivity contribution in [1.82, 2.24) is 0 Å². The Morgan fingerprint density at radius 2 is 2.40 bits per heavy atom. The number of hydrogen-bond acceptors (Lipinski definition) is 3. The smallest absolute Gasteiger partial charge is 0.166 e. The molecule has 0 saturated heterocycles. The van der Waals surface area contributed by atoms with Gasteiger partial charge in [0.2, 0.25) is 0 Å². The van der Waals surface area contributed by atoms with Gasteiger partial charge in [0, 0.05) is 0 Å². The van der Waals surface area contributed by atoms with Gasteiger partial charge in [-0.25, -0.2) is 0 Å². The van der Waals surface area contributed by atoms with Crippen LogP contribution in [0.2, 0.25) is 0 Å². The Hall–Kier alpha value is -1.12. The maximum Gasteiger partial charge on any atom is 0.166 e. The van der Waals surface area contributed by atoms with Crippen LogP contribution in [0.4, 0.5) is 0 Å². The van der Waals surface area contributed by atoms with Crippen molar-refractivity contribution in [2.45, 2.75) is 13.0 Å². The molecule has 0 aromatic rings. The van der Waals surface area contributed by atoms with E-state index < -0.39 is 6.10 Å². The molecule has 1 rings (SSSR count). The van der Waals surface area contributed by atoms with Crippen LogP contribution in [0.15, 0.2) is 12.3 Å². The number of ether oxygens (including phenoxy) is 1.